The molecule has 36 heavy (non-hydrogen) atoms. The molecule has 0 aromatic carbocycles. The summed E-state index contributed by atoms with van der Waals surface area (Å²) in [6.45, 7) is 11.2. The molecule has 1 aliphatic carbocycles. The van der Waals surface area contributed by atoms with Crippen LogP contribution in [-0.4, -0.2) is 57.3 Å². The number of rotatable bonds is 12. The fourth-order valence-electron chi connectivity index (χ4n) is 4.75. The van der Waals surface area contributed by atoms with Gasteiger partial charge in [0.1, 0.15) is 5.69 Å². The van der Waals surface area contributed by atoms with Crippen LogP contribution in [0, 0.1) is 11.8 Å². The van der Waals surface area contributed by atoms with E-state index >= 15 is 0 Å². The molecule has 2 aromatic heterocycles. The van der Waals surface area contributed by atoms with E-state index in [1.807, 2.05) is 26.5 Å². The lowest BCUT2D eigenvalue weighted by molar-refractivity contribution is 0.432. The fraction of sp³-hybridized carbons (Fsp3) is 0.630. The Labute approximate surface area is 215 Å². The van der Waals surface area contributed by atoms with Crippen LogP contribution in [0.25, 0.3) is 0 Å². The SMILES string of the molecule is CC=Nc1c(N)nc(NCCc2cn(C(C)C)cn2)nc1C[C@H]1CCC(C(C)N=CC(CC)=NC)C1. The zero-order valence-corrected chi connectivity index (χ0v) is 22.8. The monoisotopic (exact) mass is 493 g/mol. The summed E-state index contributed by atoms with van der Waals surface area (Å²) in [4.78, 5) is 27.4. The number of nitrogens with zero attached hydrogens (tertiary/aromatic N) is 7. The Balaban J connectivity index is 1.64. The molecule has 1 aliphatic rings. The lowest BCUT2D eigenvalue weighted by atomic mass is 9.95. The second-order valence-corrected chi connectivity index (χ2v) is 9.93. The average Bonchev–Trinajstić information content (AvgIpc) is 3.52. The first-order valence-corrected chi connectivity index (χ1v) is 13.2. The molecule has 2 heterocycles. The Morgan fingerprint density at radius 1 is 1.28 bits per heavy atom. The Kier molecular flexibility index (Phi) is 10.1. The molecule has 3 N–H and O–H groups in total. The molecule has 196 valence electrons. The summed E-state index contributed by atoms with van der Waals surface area (Å²) < 4.78 is 2.11. The second kappa shape index (κ2) is 13.3. The first-order valence-electron chi connectivity index (χ1n) is 13.2. The van der Waals surface area contributed by atoms with Crippen LogP contribution in [0.15, 0.2) is 27.5 Å². The largest absolute Gasteiger partial charge is 0.382 e. The number of nitrogens with one attached hydrogen (secondary N) is 1. The summed E-state index contributed by atoms with van der Waals surface area (Å²) in [6.07, 6.45) is 13.7. The van der Waals surface area contributed by atoms with Gasteiger partial charge in [0.2, 0.25) is 5.95 Å². The molecule has 9 heteroatoms. The third-order valence-electron chi connectivity index (χ3n) is 7.01. The number of hydrogen-bond acceptors (Lipinski definition) is 8. The van der Waals surface area contributed by atoms with Crippen LogP contribution in [0.3, 0.4) is 0 Å². The number of hydrogen-bond donors (Lipinski definition) is 2. The quantitative estimate of drug-likeness (QED) is 0.398. The van der Waals surface area contributed by atoms with Crippen molar-refractivity contribution >= 4 is 35.6 Å². The van der Waals surface area contributed by atoms with Gasteiger partial charge in [-0.2, -0.15) is 4.98 Å². The molecule has 2 unspecified atom stereocenters. The topological polar surface area (TPSA) is 119 Å². The van der Waals surface area contributed by atoms with Gasteiger partial charge in [0.15, 0.2) is 5.82 Å². The van der Waals surface area contributed by atoms with Crippen LogP contribution in [0.4, 0.5) is 17.5 Å². The normalized spacial score (nSPS) is 19.7. The summed E-state index contributed by atoms with van der Waals surface area (Å²) in [5.41, 5.74) is 10.0. The second-order valence-electron chi connectivity index (χ2n) is 9.93. The Hall–Kier alpha value is -3.10. The lowest BCUT2D eigenvalue weighted by Crippen LogP contribution is -2.15. The third kappa shape index (κ3) is 7.45. The number of nitrogens with two attached hydrogens (primary N) is 1. The number of imidazole rings is 1. The van der Waals surface area contributed by atoms with Gasteiger partial charge >= 0.3 is 0 Å². The van der Waals surface area contributed by atoms with Gasteiger partial charge in [-0.1, -0.05) is 6.92 Å². The van der Waals surface area contributed by atoms with Crippen molar-refractivity contribution in [2.45, 2.75) is 85.2 Å². The molecule has 0 bridgehead atoms. The van der Waals surface area contributed by atoms with Crippen molar-refractivity contribution in [3.8, 4) is 0 Å². The van der Waals surface area contributed by atoms with Crippen molar-refractivity contribution in [2.24, 2.45) is 26.8 Å². The van der Waals surface area contributed by atoms with E-state index < -0.39 is 0 Å². The van der Waals surface area contributed by atoms with Crippen molar-refractivity contribution in [3.63, 3.8) is 0 Å². The van der Waals surface area contributed by atoms with Gasteiger partial charge in [0, 0.05) is 50.7 Å². The van der Waals surface area contributed by atoms with Crippen LogP contribution in [-0.2, 0) is 12.8 Å². The minimum Gasteiger partial charge on any atom is -0.382 e. The van der Waals surface area contributed by atoms with E-state index in [-0.39, 0.29) is 0 Å². The highest BCUT2D eigenvalue weighted by molar-refractivity contribution is 6.30. The van der Waals surface area contributed by atoms with Gasteiger partial charge in [0.05, 0.1) is 23.4 Å². The Bertz CT molecular complexity index is 1070. The number of aliphatic imine (C=N–C) groups is 3. The highest BCUT2D eigenvalue weighted by Crippen LogP contribution is 2.38. The first kappa shape index (κ1) is 27.5. The average molecular weight is 494 g/mol. The number of aromatic nitrogens is 4. The van der Waals surface area contributed by atoms with E-state index in [9.17, 15) is 0 Å². The zero-order valence-electron chi connectivity index (χ0n) is 22.8. The Morgan fingerprint density at radius 2 is 2.08 bits per heavy atom. The van der Waals surface area contributed by atoms with Crippen molar-refractivity contribution in [1.29, 1.82) is 0 Å². The van der Waals surface area contributed by atoms with E-state index in [0.29, 0.717) is 47.9 Å². The molecule has 0 aliphatic heterocycles. The molecule has 9 nitrogen and oxygen atoms in total. The standard InChI is InChI=1S/C27H43N9/c1-7-22(29-6)15-32-19(5)21-10-9-20(13-21)14-24-25(30-8-2)26(28)35-27(34-24)31-12-11-23-16-36(17-33-23)18(3)4/h8,15-21H,7,9-14H2,1-6H3,(H3,28,31,34,35)/t19?,20-,21?/m0/s1. The summed E-state index contributed by atoms with van der Waals surface area (Å²) in [5, 5.41) is 3.34. The molecule has 2 aromatic rings. The molecular weight excluding hydrogens is 450 g/mol. The van der Waals surface area contributed by atoms with Crippen LogP contribution >= 0.6 is 0 Å². The van der Waals surface area contributed by atoms with Gasteiger partial charge in [0.25, 0.3) is 0 Å². The van der Waals surface area contributed by atoms with E-state index in [0.717, 1.165) is 49.2 Å². The minimum absolute atomic E-state index is 0.290. The maximum atomic E-state index is 6.32. The Morgan fingerprint density at radius 3 is 2.75 bits per heavy atom. The van der Waals surface area contributed by atoms with Gasteiger partial charge in [-0.25, -0.2) is 9.97 Å². The molecular formula is C27H43N9. The number of nitrogen functional groups attached to an aromatic ring is 1. The van der Waals surface area contributed by atoms with Gasteiger partial charge < -0.3 is 15.6 Å². The minimum atomic E-state index is 0.290. The molecule has 0 spiro atoms. The molecule has 3 rings (SSSR count). The summed E-state index contributed by atoms with van der Waals surface area (Å²) in [7, 11) is 1.83. The molecule has 0 saturated heterocycles. The summed E-state index contributed by atoms with van der Waals surface area (Å²) >= 11 is 0. The van der Waals surface area contributed by atoms with Crippen LogP contribution < -0.4 is 11.1 Å². The highest BCUT2D eigenvalue weighted by Gasteiger charge is 2.30. The van der Waals surface area contributed by atoms with Crippen molar-refractivity contribution < 1.29 is 0 Å². The zero-order chi connectivity index (χ0) is 26.1. The van der Waals surface area contributed by atoms with Crippen LogP contribution in [0.2, 0.25) is 0 Å². The van der Waals surface area contributed by atoms with Gasteiger partial charge in [-0.3, -0.25) is 15.0 Å². The smallest absolute Gasteiger partial charge is 0.225 e. The third-order valence-corrected chi connectivity index (χ3v) is 7.01. The van der Waals surface area contributed by atoms with Crippen LogP contribution in [0.1, 0.15) is 77.7 Å². The lowest BCUT2D eigenvalue weighted by Gasteiger charge is -2.17. The first-order chi connectivity index (χ1) is 17.3. The molecule has 3 atom stereocenters. The summed E-state index contributed by atoms with van der Waals surface area (Å²) in [6, 6.07) is 0.693. The maximum Gasteiger partial charge on any atom is 0.225 e. The molecule has 0 radical (unpaired) electrons. The molecule has 1 saturated carbocycles. The van der Waals surface area contributed by atoms with Crippen molar-refractivity contribution in [3.05, 3.63) is 23.9 Å². The van der Waals surface area contributed by atoms with E-state index in [1.54, 1.807) is 6.21 Å². The van der Waals surface area contributed by atoms with E-state index in [1.165, 1.54) is 6.42 Å². The van der Waals surface area contributed by atoms with Crippen molar-refractivity contribution in [2.75, 3.05) is 24.6 Å². The van der Waals surface area contributed by atoms with E-state index in [4.69, 9.17) is 15.7 Å². The van der Waals surface area contributed by atoms with Gasteiger partial charge in [-0.15, -0.1) is 0 Å². The van der Waals surface area contributed by atoms with E-state index in [2.05, 4.69) is 63.7 Å². The summed E-state index contributed by atoms with van der Waals surface area (Å²) in [5.74, 6) is 2.08. The molecule has 0 amide bonds. The molecule has 1 fully saturated rings. The van der Waals surface area contributed by atoms with Crippen molar-refractivity contribution in [1.82, 2.24) is 19.5 Å². The van der Waals surface area contributed by atoms with Crippen LogP contribution in [0.5, 0.6) is 0 Å². The highest BCUT2D eigenvalue weighted by atomic mass is 15.1. The van der Waals surface area contributed by atoms with Gasteiger partial charge in [-0.05, 0) is 71.6 Å². The number of anilines is 2. The predicted octanol–water partition coefficient (Wildman–Crippen LogP) is 5.11. The maximum absolute atomic E-state index is 6.32. The fourth-order valence-corrected chi connectivity index (χ4v) is 4.75. The predicted molar refractivity (Wildman–Crippen MR) is 151 cm³/mol.